The molecule has 2 aromatic rings. The predicted molar refractivity (Wildman–Crippen MR) is 102 cm³/mol. The van der Waals surface area contributed by atoms with E-state index in [0.717, 1.165) is 17.0 Å². The number of nitrogens with zero attached hydrogens (tertiary/aromatic N) is 1. The molecular formula is C19H23N3OS. The summed E-state index contributed by atoms with van der Waals surface area (Å²) in [6.45, 7) is 6.67. The van der Waals surface area contributed by atoms with Crippen LogP contribution >= 0.6 is 11.9 Å². The van der Waals surface area contributed by atoms with E-state index in [1.807, 2.05) is 50.2 Å². The topological polar surface area (TPSA) is 53.5 Å². The molecule has 0 aliphatic carbocycles. The molecule has 126 valence electrons. The van der Waals surface area contributed by atoms with Crippen molar-refractivity contribution in [3.05, 3.63) is 59.7 Å². The van der Waals surface area contributed by atoms with Crippen molar-refractivity contribution in [2.75, 3.05) is 6.54 Å². The highest BCUT2D eigenvalue weighted by atomic mass is 32.2. The minimum Gasteiger partial charge on any atom is -0.349 e. The largest absolute Gasteiger partial charge is 0.349 e. The SMILES string of the molecule is CC.Cc1ccccc1CCNC(=O)C1=Nc2ccccc2SN1. The molecular weight excluding hydrogens is 318 g/mol. The smallest absolute Gasteiger partial charge is 0.287 e. The molecule has 3 rings (SSSR count). The summed E-state index contributed by atoms with van der Waals surface area (Å²) in [7, 11) is 0. The van der Waals surface area contributed by atoms with E-state index in [4.69, 9.17) is 0 Å². The van der Waals surface area contributed by atoms with Gasteiger partial charge in [0, 0.05) is 6.54 Å². The number of carbonyl (C=O) groups is 1. The van der Waals surface area contributed by atoms with Gasteiger partial charge in [0.25, 0.3) is 5.91 Å². The molecule has 1 aliphatic heterocycles. The van der Waals surface area contributed by atoms with Crippen molar-refractivity contribution in [1.82, 2.24) is 10.0 Å². The Morgan fingerprint density at radius 1 is 1.12 bits per heavy atom. The number of nitrogens with one attached hydrogen (secondary N) is 2. The molecule has 0 unspecified atom stereocenters. The van der Waals surface area contributed by atoms with Gasteiger partial charge in [-0.3, -0.25) is 4.79 Å². The molecule has 24 heavy (non-hydrogen) atoms. The highest BCUT2D eigenvalue weighted by Crippen LogP contribution is 2.30. The maximum Gasteiger partial charge on any atom is 0.287 e. The second-order valence-electron chi connectivity index (χ2n) is 5.06. The lowest BCUT2D eigenvalue weighted by Gasteiger charge is -2.16. The molecule has 0 saturated heterocycles. The number of para-hydroxylation sites is 1. The van der Waals surface area contributed by atoms with Crippen molar-refractivity contribution in [3.8, 4) is 0 Å². The zero-order valence-corrected chi connectivity index (χ0v) is 15.1. The third-order valence-corrected chi connectivity index (χ3v) is 4.37. The van der Waals surface area contributed by atoms with E-state index in [1.165, 1.54) is 23.1 Å². The molecule has 1 aliphatic rings. The van der Waals surface area contributed by atoms with E-state index >= 15 is 0 Å². The fourth-order valence-corrected chi connectivity index (χ4v) is 2.97. The number of amides is 1. The molecule has 2 aromatic carbocycles. The van der Waals surface area contributed by atoms with Gasteiger partial charge in [0.1, 0.15) is 0 Å². The van der Waals surface area contributed by atoms with Crippen LogP contribution in [0.15, 0.2) is 58.4 Å². The number of aliphatic imine (C=N–C) groups is 1. The molecule has 1 heterocycles. The highest BCUT2D eigenvalue weighted by molar-refractivity contribution is 7.98. The first kappa shape index (κ1) is 18.1. The van der Waals surface area contributed by atoms with Crippen LogP contribution in [-0.2, 0) is 11.2 Å². The number of benzene rings is 2. The number of hydrogen-bond donors (Lipinski definition) is 2. The van der Waals surface area contributed by atoms with Gasteiger partial charge < -0.3 is 10.0 Å². The first-order chi connectivity index (χ1) is 11.7. The molecule has 0 aromatic heterocycles. The molecule has 0 atom stereocenters. The summed E-state index contributed by atoms with van der Waals surface area (Å²) in [6.07, 6.45) is 0.815. The van der Waals surface area contributed by atoms with Gasteiger partial charge in [-0.05, 0) is 48.6 Å². The number of fused-ring (bicyclic) bond motifs is 1. The van der Waals surface area contributed by atoms with Crippen molar-refractivity contribution < 1.29 is 4.79 Å². The normalized spacial score (nSPS) is 12.0. The quantitative estimate of drug-likeness (QED) is 0.826. The lowest BCUT2D eigenvalue weighted by atomic mass is 10.1. The number of carbonyl (C=O) groups excluding carboxylic acids is 1. The number of aryl methyl sites for hydroxylation is 1. The first-order valence-corrected chi connectivity index (χ1v) is 8.99. The van der Waals surface area contributed by atoms with Gasteiger partial charge in [-0.2, -0.15) is 0 Å². The van der Waals surface area contributed by atoms with Gasteiger partial charge in [0.15, 0.2) is 0 Å². The fourth-order valence-electron chi connectivity index (χ4n) is 2.26. The molecule has 0 saturated carbocycles. The molecule has 2 N–H and O–H groups in total. The lowest BCUT2D eigenvalue weighted by Crippen LogP contribution is -2.39. The summed E-state index contributed by atoms with van der Waals surface area (Å²) in [5.74, 6) is 0.184. The average Bonchev–Trinajstić information content (AvgIpc) is 2.64. The van der Waals surface area contributed by atoms with Crippen molar-refractivity contribution in [1.29, 1.82) is 0 Å². The Balaban J connectivity index is 0.00000100. The number of rotatable bonds is 4. The summed E-state index contributed by atoms with van der Waals surface area (Å²) in [5.41, 5.74) is 3.32. The monoisotopic (exact) mass is 341 g/mol. The molecule has 0 spiro atoms. The van der Waals surface area contributed by atoms with Gasteiger partial charge in [0.05, 0.1) is 10.6 Å². The van der Waals surface area contributed by atoms with Gasteiger partial charge >= 0.3 is 0 Å². The molecule has 0 fully saturated rings. The zero-order valence-electron chi connectivity index (χ0n) is 14.3. The number of amidine groups is 1. The van der Waals surface area contributed by atoms with Crippen molar-refractivity contribution >= 4 is 29.4 Å². The second-order valence-corrected chi connectivity index (χ2v) is 5.91. The van der Waals surface area contributed by atoms with Crippen molar-refractivity contribution in [2.45, 2.75) is 32.1 Å². The summed E-state index contributed by atoms with van der Waals surface area (Å²) >= 11 is 1.42. The Bertz CT molecular complexity index is 728. The Labute approximate surface area is 147 Å². The van der Waals surface area contributed by atoms with E-state index in [9.17, 15) is 4.79 Å². The van der Waals surface area contributed by atoms with Gasteiger partial charge in [-0.1, -0.05) is 50.2 Å². The Morgan fingerprint density at radius 3 is 2.62 bits per heavy atom. The number of hydrogen-bond acceptors (Lipinski definition) is 4. The van der Waals surface area contributed by atoms with Crippen LogP contribution in [0.3, 0.4) is 0 Å². The van der Waals surface area contributed by atoms with Gasteiger partial charge in [-0.25, -0.2) is 4.99 Å². The highest BCUT2D eigenvalue weighted by Gasteiger charge is 2.17. The molecule has 0 bridgehead atoms. The zero-order chi connectivity index (χ0) is 17.4. The van der Waals surface area contributed by atoms with E-state index in [1.54, 1.807) is 0 Å². The van der Waals surface area contributed by atoms with Crippen molar-refractivity contribution in [3.63, 3.8) is 0 Å². The molecule has 4 nitrogen and oxygen atoms in total. The maximum absolute atomic E-state index is 12.2. The standard InChI is InChI=1S/C17H17N3OS.C2H6/c1-12-6-2-3-7-13(12)10-11-18-17(21)16-19-14-8-4-5-9-15(14)22-20-16;1-2/h2-9H,10-11H2,1H3,(H,18,21)(H,19,20);1-2H3. The first-order valence-electron chi connectivity index (χ1n) is 8.17. The lowest BCUT2D eigenvalue weighted by molar-refractivity contribution is -0.114. The second kappa shape index (κ2) is 9.13. The Hall–Kier alpha value is -2.27. The summed E-state index contributed by atoms with van der Waals surface area (Å²) in [4.78, 5) is 17.6. The van der Waals surface area contributed by atoms with Crippen LogP contribution < -0.4 is 10.0 Å². The third kappa shape index (κ3) is 4.61. The summed E-state index contributed by atoms with van der Waals surface area (Å²) < 4.78 is 2.99. The van der Waals surface area contributed by atoms with E-state index < -0.39 is 0 Å². The van der Waals surface area contributed by atoms with Crippen LogP contribution in [0.2, 0.25) is 0 Å². The minimum absolute atomic E-state index is 0.171. The fraction of sp³-hybridized carbons (Fsp3) is 0.263. The van der Waals surface area contributed by atoms with Crippen LogP contribution in [0.5, 0.6) is 0 Å². The van der Waals surface area contributed by atoms with Gasteiger partial charge in [-0.15, -0.1) is 0 Å². The molecule has 0 radical (unpaired) electrons. The predicted octanol–water partition coefficient (Wildman–Crippen LogP) is 4.02. The van der Waals surface area contributed by atoms with Crippen LogP contribution in [0.1, 0.15) is 25.0 Å². The van der Waals surface area contributed by atoms with E-state index in [0.29, 0.717) is 12.4 Å². The van der Waals surface area contributed by atoms with Crippen LogP contribution in [0, 0.1) is 6.92 Å². The molecule has 1 amide bonds. The van der Waals surface area contributed by atoms with Crippen LogP contribution in [0.4, 0.5) is 5.69 Å². The van der Waals surface area contributed by atoms with Crippen LogP contribution in [0.25, 0.3) is 0 Å². The average molecular weight is 341 g/mol. The van der Waals surface area contributed by atoms with Gasteiger partial charge in [0.2, 0.25) is 5.84 Å². The third-order valence-electron chi connectivity index (χ3n) is 3.51. The van der Waals surface area contributed by atoms with E-state index in [-0.39, 0.29) is 5.91 Å². The summed E-state index contributed by atoms with van der Waals surface area (Å²) in [6, 6.07) is 16.0. The minimum atomic E-state index is -0.171. The molecule has 5 heteroatoms. The van der Waals surface area contributed by atoms with Crippen LogP contribution in [-0.4, -0.2) is 18.3 Å². The Kier molecular flexibility index (Phi) is 6.88. The van der Waals surface area contributed by atoms with Crippen molar-refractivity contribution in [2.24, 2.45) is 4.99 Å². The van der Waals surface area contributed by atoms with E-state index in [2.05, 4.69) is 34.1 Å². The maximum atomic E-state index is 12.2. The Morgan fingerprint density at radius 2 is 1.83 bits per heavy atom. The summed E-state index contributed by atoms with van der Waals surface area (Å²) in [5, 5.41) is 2.91.